The van der Waals surface area contributed by atoms with Gasteiger partial charge in [-0.1, -0.05) is 6.07 Å². The predicted molar refractivity (Wildman–Crippen MR) is 86.8 cm³/mol. The highest BCUT2D eigenvalue weighted by Crippen LogP contribution is 2.27. The predicted octanol–water partition coefficient (Wildman–Crippen LogP) is 2.51. The molecular formula is C17H17N3O3. The van der Waals surface area contributed by atoms with Gasteiger partial charge in [0.15, 0.2) is 11.5 Å². The number of aromatic amines is 1. The van der Waals surface area contributed by atoms with Gasteiger partial charge < -0.3 is 19.8 Å². The van der Waals surface area contributed by atoms with Gasteiger partial charge in [0.25, 0.3) is 5.91 Å². The lowest BCUT2D eigenvalue weighted by atomic mass is 10.1. The van der Waals surface area contributed by atoms with Gasteiger partial charge in [-0.25, -0.2) is 4.98 Å². The van der Waals surface area contributed by atoms with Gasteiger partial charge in [0, 0.05) is 24.3 Å². The summed E-state index contributed by atoms with van der Waals surface area (Å²) >= 11 is 0. The molecule has 0 saturated heterocycles. The summed E-state index contributed by atoms with van der Waals surface area (Å²) in [6.07, 6.45) is 3.35. The number of methoxy groups -OCH3 is 2. The fourth-order valence-corrected chi connectivity index (χ4v) is 2.41. The number of nitrogens with one attached hydrogen (secondary N) is 2. The van der Waals surface area contributed by atoms with Gasteiger partial charge in [-0.3, -0.25) is 4.79 Å². The molecule has 0 unspecified atom stereocenters. The lowest BCUT2D eigenvalue weighted by molar-refractivity contribution is 0.0952. The Kier molecular flexibility index (Phi) is 4.14. The summed E-state index contributed by atoms with van der Waals surface area (Å²) in [7, 11) is 3.17. The molecular weight excluding hydrogens is 294 g/mol. The Bertz CT molecular complexity index is 842. The molecule has 2 heterocycles. The maximum absolute atomic E-state index is 12.4. The molecule has 0 aliphatic heterocycles. The summed E-state index contributed by atoms with van der Waals surface area (Å²) in [6.45, 7) is 0.395. The van der Waals surface area contributed by atoms with Gasteiger partial charge in [0.1, 0.15) is 5.65 Å². The van der Waals surface area contributed by atoms with E-state index >= 15 is 0 Å². The number of amides is 1. The van der Waals surface area contributed by atoms with E-state index in [-0.39, 0.29) is 5.91 Å². The van der Waals surface area contributed by atoms with E-state index in [1.54, 1.807) is 32.7 Å². The first-order valence-electron chi connectivity index (χ1n) is 7.14. The number of ether oxygens (including phenoxy) is 2. The highest BCUT2D eigenvalue weighted by molar-refractivity contribution is 6.05. The second-order valence-electron chi connectivity index (χ2n) is 4.97. The molecule has 0 radical (unpaired) electrons. The highest BCUT2D eigenvalue weighted by Gasteiger charge is 2.12. The van der Waals surface area contributed by atoms with Crippen molar-refractivity contribution in [3.8, 4) is 11.5 Å². The Morgan fingerprint density at radius 1 is 1.22 bits per heavy atom. The number of carbonyl (C=O) groups excluding carboxylic acids is 1. The standard InChI is InChI=1S/C17H17N3O3/c1-22-14-6-5-11(8-15(14)23-2)9-20-17(21)13-10-19-16-12(13)4-3-7-18-16/h3-8,10H,9H2,1-2H3,(H,18,19)(H,20,21). The van der Waals surface area contributed by atoms with E-state index in [1.807, 2.05) is 24.3 Å². The fraction of sp³-hybridized carbons (Fsp3) is 0.176. The van der Waals surface area contributed by atoms with Crippen molar-refractivity contribution in [1.82, 2.24) is 15.3 Å². The van der Waals surface area contributed by atoms with Crippen LogP contribution in [-0.2, 0) is 6.54 Å². The van der Waals surface area contributed by atoms with E-state index in [0.29, 0.717) is 29.3 Å². The molecule has 0 spiro atoms. The molecule has 23 heavy (non-hydrogen) atoms. The summed E-state index contributed by atoms with van der Waals surface area (Å²) < 4.78 is 10.5. The van der Waals surface area contributed by atoms with Crippen molar-refractivity contribution >= 4 is 16.9 Å². The van der Waals surface area contributed by atoms with Crippen molar-refractivity contribution in [3.05, 3.63) is 53.9 Å². The average molecular weight is 311 g/mol. The van der Waals surface area contributed by atoms with Gasteiger partial charge in [-0.05, 0) is 29.8 Å². The van der Waals surface area contributed by atoms with Crippen LogP contribution in [0.2, 0.25) is 0 Å². The van der Waals surface area contributed by atoms with Crippen molar-refractivity contribution < 1.29 is 14.3 Å². The number of H-pyrrole nitrogens is 1. The van der Waals surface area contributed by atoms with Gasteiger partial charge >= 0.3 is 0 Å². The second kappa shape index (κ2) is 6.39. The number of aromatic nitrogens is 2. The van der Waals surface area contributed by atoms with Crippen LogP contribution in [0.3, 0.4) is 0 Å². The zero-order valence-electron chi connectivity index (χ0n) is 12.9. The van der Waals surface area contributed by atoms with E-state index in [2.05, 4.69) is 15.3 Å². The summed E-state index contributed by atoms with van der Waals surface area (Å²) in [4.78, 5) is 19.5. The molecule has 6 nitrogen and oxygen atoms in total. The Labute approximate surface area is 133 Å². The third kappa shape index (κ3) is 2.96. The number of hydrogen-bond donors (Lipinski definition) is 2. The number of rotatable bonds is 5. The Morgan fingerprint density at radius 3 is 2.83 bits per heavy atom. The molecule has 3 aromatic rings. The van der Waals surface area contributed by atoms with E-state index < -0.39 is 0 Å². The van der Waals surface area contributed by atoms with E-state index in [1.165, 1.54) is 0 Å². The normalized spacial score (nSPS) is 10.5. The lowest BCUT2D eigenvalue weighted by Crippen LogP contribution is -2.22. The third-order valence-corrected chi connectivity index (χ3v) is 3.60. The zero-order valence-corrected chi connectivity index (χ0v) is 12.9. The molecule has 0 fully saturated rings. The summed E-state index contributed by atoms with van der Waals surface area (Å²) in [5.41, 5.74) is 2.20. The molecule has 0 aliphatic carbocycles. The first-order valence-corrected chi connectivity index (χ1v) is 7.14. The van der Waals surface area contributed by atoms with Crippen molar-refractivity contribution in [2.24, 2.45) is 0 Å². The maximum atomic E-state index is 12.4. The minimum atomic E-state index is -0.154. The summed E-state index contributed by atoms with van der Waals surface area (Å²) in [5.74, 6) is 1.14. The van der Waals surface area contributed by atoms with Gasteiger partial charge in [0.2, 0.25) is 0 Å². The van der Waals surface area contributed by atoms with E-state index in [9.17, 15) is 4.79 Å². The average Bonchev–Trinajstić information content (AvgIpc) is 3.03. The van der Waals surface area contributed by atoms with Crippen molar-refractivity contribution in [3.63, 3.8) is 0 Å². The number of fused-ring (bicyclic) bond motifs is 1. The SMILES string of the molecule is COc1ccc(CNC(=O)c2c[nH]c3ncccc23)cc1OC. The van der Waals surface area contributed by atoms with Crippen molar-refractivity contribution in [2.75, 3.05) is 14.2 Å². The quantitative estimate of drug-likeness (QED) is 0.759. The maximum Gasteiger partial charge on any atom is 0.253 e. The molecule has 2 N–H and O–H groups in total. The third-order valence-electron chi connectivity index (χ3n) is 3.60. The number of pyridine rings is 1. The fourth-order valence-electron chi connectivity index (χ4n) is 2.41. The minimum absolute atomic E-state index is 0.154. The first-order chi connectivity index (χ1) is 11.2. The molecule has 118 valence electrons. The molecule has 1 aromatic carbocycles. The van der Waals surface area contributed by atoms with Gasteiger partial charge in [-0.2, -0.15) is 0 Å². The Balaban J connectivity index is 1.74. The van der Waals surface area contributed by atoms with Crippen LogP contribution >= 0.6 is 0 Å². The highest BCUT2D eigenvalue weighted by atomic mass is 16.5. The van der Waals surface area contributed by atoms with E-state index in [4.69, 9.17) is 9.47 Å². The number of benzene rings is 1. The van der Waals surface area contributed by atoms with Crippen LogP contribution in [0.25, 0.3) is 11.0 Å². The molecule has 0 saturated carbocycles. The largest absolute Gasteiger partial charge is 0.493 e. The lowest BCUT2D eigenvalue weighted by Gasteiger charge is -2.10. The smallest absolute Gasteiger partial charge is 0.253 e. The number of nitrogens with zero attached hydrogens (tertiary/aromatic N) is 1. The Morgan fingerprint density at radius 2 is 2.04 bits per heavy atom. The summed E-state index contributed by atoms with van der Waals surface area (Å²) in [5, 5.41) is 3.70. The zero-order chi connectivity index (χ0) is 16.2. The molecule has 0 bridgehead atoms. The molecule has 0 aliphatic rings. The Hall–Kier alpha value is -3.02. The number of carbonyl (C=O) groups is 1. The van der Waals surface area contributed by atoms with Gasteiger partial charge in [0.05, 0.1) is 19.8 Å². The molecule has 1 amide bonds. The van der Waals surface area contributed by atoms with Crippen LogP contribution in [0, 0.1) is 0 Å². The first kappa shape index (κ1) is 14.9. The van der Waals surface area contributed by atoms with Crippen LogP contribution < -0.4 is 14.8 Å². The van der Waals surface area contributed by atoms with Crippen LogP contribution in [0.1, 0.15) is 15.9 Å². The summed E-state index contributed by atoms with van der Waals surface area (Å²) in [6, 6.07) is 9.22. The molecule has 3 rings (SSSR count). The van der Waals surface area contributed by atoms with Crippen LogP contribution in [0.15, 0.2) is 42.7 Å². The van der Waals surface area contributed by atoms with Crippen LogP contribution in [0.4, 0.5) is 0 Å². The molecule has 2 aromatic heterocycles. The van der Waals surface area contributed by atoms with Gasteiger partial charge in [-0.15, -0.1) is 0 Å². The minimum Gasteiger partial charge on any atom is -0.493 e. The second-order valence-corrected chi connectivity index (χ2v) is 4.97. The van der Waals surface area contributed by atoms with Crippen molar-refractivity contribution in [2.45, 2.75) is 6.54 Å². The molecule has 6 heteroatoms. The van der Waals surface area contributed by atoms with Crippen LogP contribution in [-0.4, -0.2) is 30.1 Å². The van der Waals surface area contributed by atoms with E-state index in [0.717, 1.165) is 10.9 Å². The van der Waals surface area contributed by atoms with Crippen molar-refractivity contribution in [1.29, 1.82) is 0 Å². The molecule has 0 atom stereocenters. The number of hydrogen-bond acceptors (Lipinski definition) is 4. The van der Waals surface area contributed by atoms with Crippen LogP contribution in [0.5, 0.6) is 11.5 Å². The monoisotopic (exact) mass is 311 g/mol. The topological polar surface area (TPSA) is 76.2 Å².